The van der Waals surface area contributed by atoms with Crippen molar-refractivity contribution in [2.75, 3.05) is 6.61 Å². The molecule has 4 saturated carbocycles. The maximum atomic E-state index is 13.1. The molecular weight excluding hydrogens is 364 g/mol. The van der Waals surface area contributed by atoms with E-state index in [9.17, 15) is 9.59 Å². The molecule has 27 heavy (non-hydrogen) atoms. The maximum Gasteiger partial charge on any atom is 0.336 e. The van der Waals surface area contributed by atoms with Gasteiger partial charge in [0.1, 0.15) is 17.9 Å². The normalized spacial score (nSPS) is 31.4. The van der Waals surface area contributed by atoms with E-state index in [0.717, 1.165) is 48.0 Å². The first-order valence-corrected chi connectivity index (χ1v) is 10.2. The largest absolute Gasteiger partial charge is 0.484 e. The minimum absolute atomic E-state index is 0.0352. The molecule has 2 aromatic rings. The van der Waals surface area contributed by atoms with Gasteiger partial charge in [0.25, 0.3) is 0 Å². The fraction of sp³-hybridized carbons (Fsp3) is 0.545. The van der Waals surface area contributed by atoms with Gasteiger partial charge in [-0.1, -0.05) is 11.6 Å². The van der Waals surface area contributed by atoms with Gasteiger partial charge in [-0.05, 0) is 74.8 Å². The summed E-state index contributed by atoms with van der Waals surface area (Å²) < 4.78 is 11.1. The Hall–Kier alpha value is -1.81. The summed E-state index contributed by atoms with van der Waals surface area (Å²) in [6.07, 6.45) is 7.01. The molecule has 0 unspecified atom stereocenters. The number of carbonyl (C=O) groups excluding carboxylic acids is 1. The molecule has 6 rings (SSSR count). The second-order valence-corrected chi connectivity index (χ2v) is 9.34. The Labute approximate surface area is 162 Å². The van der Waals surface area contributed by atoms with Crippen LogP contribution in [-0.2, 0) is 4.79 Å². The van der Waals surface area contributed by atoms with Crippen LogP contribution in [0.25, 0.3) is 11.0 Å². The first-order valence-electron chi connectivity index (χ1n) is 9.82. The summed E-state index contributed by atoms with van der Waals surface area (Å²) in [5, 5.41) is 1.21. The van der Waals surface area contributed by atoms with E-state index in [1.54, 1.807) is 12.1 Å². The van der Waals surface area contributed by atoms with Gasteiger partial charge in [0.2, 0.25) is 0 Å². The summed E-state index contributed by atoms with van der Waals surface area (Å²) in [6, 6.07) is 4.80. The lowest BCUT2D eigenvalue weighted by molar-refractivity contribution is -0.145. The van der Waals surface area contributed by atoms with Crippen LogP contribution in [0.15, 0.2) is 27.4 Å². The molecular formula is C22H23ClO4. The number of aryl methyl sites for hydroxylation is 1. The summed E-state index contributed by atoms with van der Waals surface area (Å²) in [7, 11) is 0. The van der Waals surface area contributed by atoms with Crippen molar-refractivity contribution in [2.24, 2.45) is 23.2 Å². The molecule has 0 spiro atoms. The van der Waals surface area contributed by atoms with Crippen molar-refractivity contribution in [3.63, 3.8) is 0 Å². The van der Waals surface area contributed by atoms with Crippen molar-refractivity contribution in [2.45, 2.75) is 45.4 Å². The zero-order valence-corrected chi connectivity index (χ0v) is 16.2. The Morgan fingerprint density at radius 2 is 1.78 bits per heavy atom. The molecule has 4 nitrogen and oxygen atoms in total. The number of hydrogen-bond donors (Lipinski definition) is 0. The highest BCUT2D eigenvalue weighted by Gasteiger charge is 2.54. The maximum absolute atomic E-state index is 13.1. The number of fused-ring (bicyclic) bond motifs is 1. The van der Waals surface area contributed by atoms with E-state index in [2.05, 4.69) is 0 Å². The predicted octanol–water partition coefficient (Wildman–Crippen LogP) is 4.92. The lowest BCUT2D eigenvalue weighted by Crippen LogP contribution is -2.51. The van der Waals surface area contributed by atoms with Gasteiger partial charge >= 0.3 is 5.63 Å². The third kappa shape index (κ3) is 2.89. The molecule has 0 saturated heterocycles. The summed E-state index contributed by atoms with van der Waals surface area (Å²) in [5.74, 6) is 2.78. The number of benzene rings is 1. The molecule has 5 heteroatoms. The van der Waals surface area contributed by atoms with E-state index in [1.807, 2.05) is 6.92 Å². The topological polar surface area (TPSA) is 56.5 Å². The van der Waals surface area contributed by atoms with Crippen LogP contribution in [0.1, 0.15) is 44.1 Å². The number of ether oxygens (including phenoxy) is 1. The third-order valence-electron chi connectivity index (χ3n) is 6.99. The highest BCUT2D eigenvalue weighted by molar-refractivity contribution is 6.32. The van der Waals surface area contributed by atoms with Gasteiger partial charge in [-0.25, -0.2) is 4.79 Å². The van der Waals surface area contributed by atoms with Crippen LogP contribution in [0, 0.1) is 30.1 Å². The molecule has 4 bridgehead atoms. The lowest BCUT2D eigenvalue weighted by atomic mass is 9.48. The van der Waals surface area contributed by atoms with Gasteiger partial charge in [-0.2, -0.15) is 0 Å². The summed E-state index contributed by atoms with van der Waals surface area (Å²) >= 11 is 6.36. The van der Waals surface area contributed by atoms with Crippen molar-refractivity contribution in [3.05, 3.63) is 39.2 Å². The number of hydrogen-bond acceptors (Lipinski definition) is 4. The molecule has 0 radical (unpaired) electrons. The van der Waals surface area contributed by atoms with Crippen LogP contribution in [0.3, 0.4) is 0 Å². The Bertz CT molecular complexity index is 954. The third-order valence-corrected chi connectivity index (χ3v) is 7.29. The van der Waals surface area contributed by atoms with Crippen LogP contribution < -0.4 is 10.4 Å². The summed E-state index contributed by atoms with van der Waals surface area (Å²) in [5.41, 5.74) is 0.653. The van der Waals surface area contributed by atoms with Crippen molar-refractivity contribution < 1.29 is 13.9 Å². The molecule has 142 valence electrons. The van der Waals surface area contributed by atoms with Gasteiger partial charge < -0.3 is 9.15 Å². The van der Waals surface area contributed by atoms with Crippen molar-refractivity contribution >= 4 is 28.4 Å². The van der Waals surface area contributed by atoms with Gasteiger partial charge in [0.15, 0.2) is 5.78 Å². The quantitative estimate of drug-likeness (QED) is 0.700. The highest BCUT2D eigenvalue weighted by atomic mass is 35.5. The van der Waals surface area contributed by atoms with Crippen LogP contribution in [0.5, 0.6) is 5.75 Å². The zero-order chi connectivity index (χ0) is 18.8. The molecule has 0 amide bonds. The number of ketones is 1. The predicted molar refractivity (Wildman–Crippen MR) is 103 cm³/mol. The van der Waals surface area contributed by atoms with Gasteiger partial charge in [-0.3, -0.25) is 4.79 Å². The Morgan fingerprint density at radius 1 is 1.15 bits per heavy atom. The van der Waals surface area contributed by atoms with E-state index >= 15 is 0 Å². The molecule has 1 aromatic carbocycles. The summed E-state index contributed by atoms with van der Waals surface area (Å²) in [6.45, 7) is 1.88. The van der Waals surface area contributed by atoms with Crippen molar-refractivity contribution in [3.8, 4) is 5.75 Å². The van der Waals surface area contributed by atoms with E-state index in [-0.39, 0.29) is 17.8 Å². The van der Waals surface area contributed by atoms with E-state index in [4.69, 9.17) is 20.8 Å². The lowest BCUT2D eigenvalue weighted by Gasteiger charge is -2.55. The average molecular weight is 387 g/mol. The standard InChI is InChI=1S/C22H23ClO4/c1-12-2-21(25)27-18-7-19(17(23)6-16(12)18)26-11-20(24)22-8-13-3-14(9-22)5-15(4-13)10-22/h2,6-7,13-15H,3-5,8-11H2,1H3. The smallest absolute Gasteiger partial charge is 0.336 e. The molecule has 4 aliphatic carbocycles. The molecule has 1 heterocycles. The SMILES string of the molecule is Cc1cc(=O)oc2cc(OCC(=O)C34CC5CC(CC(C5)C3)C4)c(Cl)cc12. The number of carbonyl (C=O) groups is 1. The number of Topliss-reactive ketones (excluding diaryl/α,β-unsaturated/α-hetero) is 1. The summed E-state index contributed by atoms with van der Waals surface area (Å²) in [4.78, 5) is 24.7. The second kappa shape index (κ2) is 6.10. The van der Waals surface area contributed by atoms with Crippen LogP contribution in [0.2, 0.25) is 5.02 Å². The highest BCUT2D eigenvalue weighted by Crippen LogP contribution is 2.60. The van der Waals surface area contributed by atoms with Crippen LogP contribution in [0.4, 0.5) is 0 Å². The van der Waals surface area contributed by atoms with Crippen LogP contribution >= 0.6 is 11.6 Å². The second-order valence-electron chi connectivity index (χ2n) is 8.94. The Balaban J connectivity index is 1.38. The van der Waals surface area contributed by atoms with Crippen molar-refractivity contribution in [1.29, 1.82) is 0 Å². The Kier molecular flexibility index (Phi) is 3.91. The zero-order valence-electron chi connectivity index (χ0n) is 15.4. The van der Waals surface area contributed by atoms with Gasteiger partial charge in [0, 0.05) is 22.9 Å². The average Bonchev–Trinajstić information content (AvgIpc) is 2.59. The molecule has 0 aliphatic heterocycles. The first kappa shape index (κ1) is 17.3. The number of halogens is 1. The fourth-order valence-electron chi connectivity index (χ4n) is 6.18. The fourth-order valence-corrected chi connectivity index (χ4v) is 6.40. The molecule has 0 N–H and O–H groups in total. The van der Waals surface area contributed by atoms with Crippen LogP contribution in [-0.4, -0.2) is 12.4 Å². The molecule has 4 aliphatic rings. The first-order chi connectivity index (χ1) is 12.9. The van der Waals surface area contributed by atoms with Gasteiger partial charge in [0.05, 0.1) is 5.02 Å². The minimum Gasteiger partial charge on any atom is -0.484 e. The Morgan fingerprint density at radius 3 is 2.41 bits per heavy atom. The van der Waals surface area contributed by atoms with E-state index in [1.165, 1.54) is 25.3 Å². The van der Waals surface area contributed by atoms with E-state index < -0.39 is 5.63 Å². The van der Waals surface area contributed by atoms with E-state index in [0.29, 0.717) is 16.4 Å². The monoisotopic (exact) mass is 386 g/mol. The van der Waals surface area contributed by atoms with Gasteiger partial charge in [-0.15, -0.1) is 0 Å². The molecule has 1 aromatic heterocycles. The molecule has 0 atom stereocenters. The van der Waals surface area contributed by atoms with Crippen molar-refractivity contribution in [1.82, 2.24) is 0 Å². The minimum atomic E-state index is -0.405. The molecule has 4 fully saturated rings. The number of rotatable bonds is 4.